The molecule has 0 aliphatic carbocycles. The predicted octanol–water partition coefficient (Wildman–Crippen LogP) is 2.22. The Kier molecular flexibility index (Phi) is 15.7. The van der Waals surface area contributed by atoms with Crippen LogP contribution in [0.2, 0.25) is 0 Å². The van der Waals surface area contributed by atoms with Crippen LogP contribution in [0.1, 0.15) is 15.9 Å². The molecule has 0 spiro atoms. The number of anilines is 4. The van der Waals surface area contributed by atoms with Gasteiger partial charge in [-0.1, -0.05) is 12.1 Å². The fourth-order valence-electron chi connectivity index (χ4n) is 1.90. The molecule has 0 aliphatic heterocycles. The predicted molar refractivity (Wildman–Crippen MR) is 106 cm³/mol. The molecule has 2 aromatic rings. The zero-order chi connectivity index (χ0) is 14.0. The van der Waals surface area contributed by atoms with Gasteiger partial charge in [-0.25, -0.2) is 4.79 Å². The molecule has 0 saturated heterocycles. The minimum absolute atomic E-state index is 0. The molecule has 0 fully saturated rings. The van der Waals surface area contributed by atoms with Crippen LogP contribution in [0.5, 0.6) is 0 Å². The van der Waals surface area contributed by atoms with Crippen LogP contribution in [0, 0.1) is 6.92 Å². The normalized spacial score (nSPS) is 8.04. The lowest BCUT2D eigenvalue weighted by molar-refractivity contribution is 0.0697. The summed E-state index contributed by atoms with van der Waals surface area (Å²) in [4.78, 5) is 11.3. The Morgan fingerprint density at radius 1 is 1.00 bits per heavy atom. The molecule has 0 radical (unpaired) electrons. The minimum atomic E-state index is -0.977. The third kappa shape index (κ3) is 6.69. The lowest BCUT2D eigenvalue weighted by Crippen LogP contribution is -2.06. The summed E-state index contributed by atoms with van der Waals surface area (Å²) in [6, 6.07) is 10.3. The van der Waals surface area contributed by atoms with E-state index in [1.807, 2.05) is 0 Å². The average Bonchev–Trinajstić information content (AvgIpc) is 2.32. The van der Waals surface area contributed by atoms with Gasteiger partial charge in [0.25, 0.3) is 0 Å². The van der Waals surface area contributed by atoms with E-state index in [2.05, 4.69) is 5.32 Å². The van der Waals surface area contributed by atoms with Gasteiger partial charge >= 0.3 is 5.97 Å². The van der Waals surface area contributed by atoms with Crippen molar-refractivity contribution < 1.29 is 20.9 Å². The Bertz CT molecular complexity index is 657. The van der Waals surface area contributed by atoms with Gasteiger partial charge in [0.05, 0.1) is 22.6 Å². The van der Waals surface area contributed by atoms with E-state index in [-0.39, 0.29) is 53.7 Å². The smallest absolute Gasteiger partial charge is 0.338 e. The SMILES string of the molecule is Cc1cccc(Nc2ccc(N)cc2N)c1C(=O)O.Cl.Cl.Cl.O.O. The lowest BCUT2D eigenvalue weighted by Gasteiger charge is -2.13. The molecule has 138 valence electrons. The second-order valence-corrected chi connectivity index (χ2v) is 4.27. The van der Waals surface area contributed by atoms with E-state index >= 15 is 0 Å². The average molecular weight is 403 g/mol. The molecule has 2 rings (SSSR count). The van der Waals surface area contributed by atoms with E-state index in [1.54, 1.807) is 43.3 Å². The van der Waals surface area contributed by atoms with Crippen molar-refractivity contribution in [3.05, 3.63) is 47.5 Å². The number of hydrogen-bond acceptors (Lipinski definition) is 4. The van der Waals surface area contributed by atoms with Crippen LogP contribution in [0.4, 0.5) is 22.7 Å². The molecule has 0 unspecified atom stereocenters. The van der Waals surface area contributed by atoms with Crippen LogP contribution >= 0.6 is 37.2 Å². The maximum atomic E-state index is 11.3. The van der Waals surface area contributed by atoms with Gasteiger partial charge in [-0.2, -0.15) is 0 Å². The molecule has 0 atom stereocenters. The largest absolute Gasteiger partial charge is 0.478 e. The fraction of sp³-hybridized carbons (Fsp3) is 0.0714. The first kappa shape index (κ1) is 30.0. The van der Waals surface area contributed by atoms with Crippen molar-refractivity contribution >= 4 is 65.9 Å². The zero-order valence-corrected chi connectivity index (χ0v) is 15.1. The number of rotatable bonds is 3. The number of carboxylic acid groups (broad SMARTS) is 1. The van der Waals surface area contributed by atoms with Crippen LogP contribution < -0.4 is 16.8 Å². The number of carbonyl (C=O) groups is 1. The van der Waals surface area contributed by atoms with Crippen molar-refractivity contribution in [2.45, 2.75) is 6.92 Å². The number of carboxylic acids is 1. The standard InChI is InChI=1S/C14H15N3O2.3ClH.2H2O/c1-8-3-2-4-12(13(8)14(18)19)17-11-6-5-9(15)7-10(11)16;;;;;/h2-7,17H,15-16H2,1H3,(H,18,19);3*1H;2*1H2. The third-order valence-corrected chi connectivity index (χ3v) is 2.83. The number of nitrogens with two attached hydrogens (primary N) is 2. The number of nitrogen functional groups attached to an aromatic ring is 2. The van der Waals surface area contributed by atoms with Crippen LogP contribution in [0.3, 0.4) is 0 Å². The Balaban J connectivity index is -0.000000400. The zero-order valence-electron chi connectivity index (χ0n) is 12.7. The molecule has 0 saturated carbocycles. The molecular formula is C14H22Cl3N3O4. The van der Waals surface area contributed by atoms with Gasteiger partial charge in [0.15, 0.2) is 0 Å². The Morgan fingerprint density at radius 3 is 2.08 bits per heavy atom. The summed E-state index contributed by atoms with van der Waals surface area (Å²) in [5.41, 5.74) is 14.5. The third-order valence-electron chi connectivity index (χ3n) is 2.83. The number of hydrogen-bond donors (Lipinski definition) is 4. The van der Waals surface area contributed by atoms with Crippen LogP contribution in [0.15, 0.2) is 36.4 Å². The van der Waals surface area contributed by atoms with E-state index in [4.69, 9.17) is 11.5 Å². The monoisotopic (exact) mass is 401 g/mol. The first-order valence-electron chi connectivity index (χ1n) is 5.74. The van der Waals surface area contributed by atoms with E-state index < -0.39 is 5.97 Å². The number of aryl methyl sites for hydroxylation is 1. The Hall–Kier alpha value is -1.90. The van der Waals surface area contributed by atoms with Gasteiger partial charge in [-0.05, 0) is 36.8 Å². The molecule has 0 heterocycles. The summed E-state index contributed by atoms with van der Waals surface area (Å²) in [7, 11) is 0. The topological polar surface area (TPSA) is 164 Å². The summed E-state index contributed by atoms with van der Waals surface area (Å²) in [5.74, 6) is -0.977. The van der Waals surface area contributed by atoms with Crippen molar-refractivity contribution in [3.63, 3.8) is 0 Å². The van der Waals surface area contributed by atoms with Gasteiger partial charge in [-0.3, -0.25) is 0 Å². The summed E-state index contributed by atoms with van der Waals surface area (Å²) >= 11 is 0. The molecule has 7 nitrogen and oxygen atoms in total. The molecule has 0 aromatic heterocycles. The number of aromatic carboxylic acids is 1. The molecular weight excluding hydrogens is 381 g/mol. The lowest BCUT2D eigenvalue weighted by atomic mass is 10.1. The Labute approximate surface area is 158 Å². The van der Waals surface area contributed by atoms with Crippen molar-refractivity contribution in [2.75, 3.05) is 16.8 Å². The van der Waals surface area contributed by atoms with Crippen molar-refractivity contribution in [1.29, 1.82) is 0 Å². The highest BCUT2D eigenvalue weighted by Gasteiger charge is 2.13. The summed E-state index contributed by atoms with van der Waals surface area (Å²) in [6.07, 6.45) is 0. The molecule has 0 bridgehead atoms. The number of halogens is 3. The molecule has 24 heavy (non-hydrogen) atoms. The minimum Gasteiger partial charge on any atom is -0.478 e. The van der Waals surface area contributed by atoms with Gasteiger partial charge in [0.2, 0.25) is 0 Å². The van der Waals surface area contributed by atoms with Gasteiger partial charge in [-0.15, -0.1) is 37.2 Å². The maximum absolute atomic E-state index is 11.3. The van der Waals surface area contributed by atoms with E-state index in [0.29, 0.717) is 28.3 Å². The first-order valence-corrected chi connectivity index (χ1v) is 5.74. The Morgan fingerprint density at radius 2 is 1.58 bits per heavy atom. The quantitative estimate of drug-likeness (QED) is 0.577. The van der Waals surface area contributed by atoms with E-state index in [0.717, 1.165) is 0 Å². The summed E-state index contributed by atoms with van der Waals surface area (Å²) in [5, 5.41) is 12.3. The molecule has 10 heteroatoms. The van der Waals surface area contributed by atoms with Crippen molar-refractivity contribution in [2.24, 2.45) is 0 Å². The molecule has 2 aromatic carbocycles. The maximum Gasteiger partial charge on any atom is 0.338 e. The second-order valence-electron chi connectivity index (χ2n) is 4.27. The summed E-state index contributed by atoms with van der Waals surface area (Å²) < 4.78 is 0. The van der Waals surface area contributed by atoms with Gasteiger partial charge in [0, 0.05) is 5.69 Å². The number of benzene rings is 2. The number of nitrogens with one attached hydrogen (secondary N) is 1. The molecule has 0 aliphatic rings. The highest BCUT2D eigenvalue weighted by molar-refractivity contribution is 5.97. The van der Waals surface area contributed by atoms with Crippen LogP contribution in [0.25, 0.3) is 0 Å². The molecule has 0 amide bonds. The first-order chi connectivity index (χ1) is 8.99. The summed E-state index contributed by atoms with van der Waals surface area (Å²) in [6.45, 7) is 1.75. The van der Waals surface area contributed by atoms with Crippen molar-refractivity contribution in [3.8, 4) is 0 Å². The fourth-order valence-corrected chi connectivity index (χ4v) is 1.90. The molecule has 10 N–H and O–H groups in total. The van der Waals surface area contributed by atoms with Gasteiger partial charge in [0.1, 0.15) is 0 Å². The van der Waals surface area contributed by atoms with Crippen LogP contribution in [-0.4, -0.2) is 22.0 Å². The van der Waals surface area contributed by atoms with E-state index in [1.165, 1.54) is 0 Å². The van der Waals surface area contributed by atoms with Gasteiger partial charge < -0.3 is 32.8 Å². The van der Waals surface area contributed by atoms with Crippen LogP contribution in [-0.2, 0) is 0 Å². The van der Waals surface area contributed by atoms with Crippen molar-refractivity contribution in [1.82, 2.24) is 0 Å². The second kappa shape index (κ2) is 12.5. The van der Waals surface area contributed by atoms with E-state index in [9.17, 15) is 9.90 Å². The highest BCUT2D eigenvalue weighted by Crippen LogP contribution is 2.28. The highest BCUT2D eigenvalue weighted by atomic mass is 35.5.